The Morgan fingerprint density at radius 1 is 0.605 bits per heavy atom. The van der Waals surface area contributed by atoms with E-state index in [1.165, 1.54) is 12.5 Å². The summed E-state index contributed by atoms with van der Waals surface area (Å²) in [6.45, 7) is 5.58. The second-order valence-corrected chi connectivity index (χ2v) is 9.71. The van der Waals surface area contributed by atoms with Gasteiger partial charge in [0.1, 0.15) is 5.69 Å². The molecule has 0 unspecified atom stereocenters. The summed E-state index contributed by atoms with van der Waals surface area (Å²) in [4.78, 5) is 49.5. The average molecular weight is 567 g/mol. The molecule has 0 aliphatic heterocycles. The number of aldehydes is 1. The lowest BCUT2D eigenvalue weighted by atomic mass is 10.1. The van der Waals surface area contributed by atoms with Crippen LogP contribution in [0.25, 0.3) is 27.9 Å². The average Bonchev–Trinajstić information content (AvgIpc) is 3.04. The highest BCUT2D eigenvalue weighted by atomic mass is 16.1. The normalized spacial score (nSPS) is 10.4. The minimum Gasteiger partial charge on any atom is -0.296 e. The van der Waals surface area contributed by atoms with E-state index in [1.807, 2.05) is 62.4 Å². The van der Waals surface area contributed by atoms with E-state index < -0.39 is 0 Å². The molecule has 4 heterocycles. The Bertz CT molecular complexity index is 1900. The van der Waals surface area contributed by atoms with Gasteiger partial charge in [-0.1, -0.05) is 36.4 Å². The van der Waals surface area contributed by atoms with Crippen molar-refractivity contribution in [3.05, 3.63) is 149 Å². The molecule has 0 aliphatic carbocycles. The highest BCUT2D eigenvalue weighted by molar-refractivity contribution is 6.06. The lowest BCUT2D eigenvalue weighted by Gasteiger charge is -2.00. The fourth-order valence-electron chi connectivity index (χ4n) is 4.00. The number of carbonyl (C=O) groups is 3. The van der Waals surface area contributed by atoms with Gasteiger partial charge in [0.2, 0.25) is 0 Å². The predicted octanol–water partition coefficient (Wildman–Crippen LogP) is 7.47. The van der Waals surface area contributed by atoms with Crippen LogP contribution in [-0.4, -0.2) is 37.8 Å². The Labute approximate surface area is 250 Å². The van der Waals surface area contributed by atoms with Gasteiger partial charge in [0.05, 0.1) is 16.7 Å². The van der Waals surface area contributed by atoms with Crippen LogP contribution in [0.2, 0.25) is 0 Å². The van der Waals surface area contributed by atoms with Crippen molar-refractivity contribution < 1.29 is 14.4 Å². The lowest BCUT2D eigenvalue weighted by molar-refractivity contribution is 0.101. The number of allylic oxidation sites excluding steroid dienone is 1. The van der Waals surface area contributed by atoms with E-state index in [-0.39, 0.29) is 11.6 Å². The summed E-state index contributed by atoms with van der Waals surface area (Å²) >= 11 is 0. The van der Waals surface area contributed by atoms with Gasteiger partial charge in [0, 0.05) is 46.7 Å². The molecular weight excluding hydrogens is 536 g/mol. The van der Waals surface area contributed by atoms with Crippen LogP contribution in [-0.2, 0) is 0 Å². The molecule has 0 aliphatic rings. The quantitative estimate of drug-likeness (QED) is 0.121. The SMILES string of the molecule is CC(=O)c1ccncc1.Cc1ccc2ccc(/C=C/C(=O)c3ccncc3)nc2c1.Cc1ccc2ccc(C=O)nc2c1. The minimum atomic E-state index is -0.0523. The van der Waals surface area contributed by atoms with Gasteiger partial charge in [-0.05, 0) is 92.6 Å². The van der Waals surface area contributed by atoms with Gasteiger partial charge < -0.3 is 0 Å². The number of benzene rings is 2. The van der Waals surface area contributed by atoms with Gasteiger partial charge in [-0.25, -0.2) is 9.97 Å². The van der Waals surface area contributed by atoms with Gasteiger partial charge in [-0.2, -0.15) is 0 Å². The molecule has 7 heteroatoms. The molecule has 0 spiro atoms. The first-order chi connectivity index (χ1) is 20.8. The van der Waals surface area contributed by atoms with E-state index in [2.05, 4.69) is 26.0 Å². The van der Waals surface area contributed by atoms with E-state index in [0.717, 1.165) is 39.3 Å². The van der Waals surface area contributed by atoms with Crippen LogP contribution in [0.5, 0.6) is 0 Å². The maximum Gasteiger partial charge on any atom is 0.186 e. The van der Waals surface area contributed by atoms with Crippen LogP contribution in [0.4, 0.5) is 0 Å². The number of ketones is 2. The lowest BCUT2D eigenvalue weighted by Crippen LogP contribution is -1.94. The number of rotatable bonds is 5. The van der Waals surface area contributed by atoms with Crippen molar-refractivity contribution in [2.45, 2.75) is 20.8 Å². The number of carbonyl (C=O) groups excluding carboxylic acids is 3. The summed E-state index contributed by atoms with van der Waals surface area (Å²) in [5.74, 6) is 0.0286. The summed E-state index contributed by atoms with van der Waals surface area (Å²) in [6, 6.07) is 26.5. The summed E-state index contributed by atoms with van der Waals surface area (Å²) in [6.07, 6.45) is 10.5. The third-order valence-corrected chi connectivity index (χ3v) is 6.32. The highest BCUT2D eigenvalue weighted by Crippen LogP contribution is 2.16. The van der Waals surface area contributed by atoms with Gasteiger partial charge >= 0.3 is 0 Å². The Morgan fingerprint density at radius 3 is 1.56 bits per heavy atom. The molecule has 7 nitrogen and oxygen atoms in total. The van der Waals surface area contributed by atoms with E-state index in [1.54, 1.807) is 67.3 Å². The molecule has 0 atom stereocenters. The Morgan fingerprint density at radius 2 is 1.07 bits per heavy atom. The second kappa shape index (κ2) is 14.8. The Hall–Kier alpha value is -5.69. The van der Waals surface area contributed by atoms with E-state index in [4.69, 9.17) is 0 Å². The van der Waals surface area contributed by atoms with E-state index >= 15 is 0 Å². The van der Waals surface area contributed by atoms with Crippen molar-refractivity contribution in [1.82, 2.24) is 19.9 Å². The molecule has 4 aromatic heterocycles. The summed E-state index contributed by atoms with van der Waals surface area (Å²) in [5, 5.41) is 2.16. The highest BCUT2D eigenvalue weighted by Gasteiger charge is 2.01. The van der Waals surface area contributed by atoms with Crippen LogP contribution in [0.3, 0.4) is 0 Å². The maximum atomic E-state index is 12.0. The zero-order chi connectivity index (χ0) is 30.6. The molecule has 2 aromatic carbocycles. The molecule has 0 saturated heterocycles. The summed E-state index contributed by atoms with van der Waals surface area (Å²) < 4.78 is 0. The van der Waals surface area contributed by atoms with Crippen LogP contribution in [0, 0.1) is 13.8 Å². The van der Waals surface area contributed by atoms with Crippen molar-refractivity contribution in [1.29, 1.82) is 0 Å². The number of pyridine rings is 4. The number of nitrogens with zero attached hydrogens (tertiary/aromatic N) is 4. The number of hydrogen-bond acceptors (Lipinski definition) is 7. The zero-order valence-electron chi connectivity index (χ0n) is 24.1. The van der Waals surface area contributed by atoms with Crippen molar-refractivity contribution in [3.8, 4) is 0 Å². The molecule has 0 saturated carbocycles. The molecular formula is C36H30N4O3. The molecule has 0 N–H and O–H groups in total. The standard InChI is InChI=1S/C18H14N2O.C11H9NO.C7H7NO/c1-13-2-3-14-4-5-16(20-17(14)12-13)6-7-18(21)15-8-10-19-11-9-15;1-8-2-3-9-4-5-10(7-13)12-11(9)6-8;1-6(9)7-2-4-8-5-3-7/h2-12H,1H3;2-7H,1H3;2-5H,1H3/b7-6+;;. The fraction of sp³-hybridized carbons (Fsp3) is 0.0833. The van der Waals surface area contributed by atoms with Crippen LogP contribution < -0.4 is 0 Å². The molecule has 0 bridgehead atoms. The molecule has 0 amide bonds. The largest absolute Gasteiger partial charge is 0.296 e. The van der Waals surface area contributed by atoms with Gasteiger partial charge in [-0.15, -0.1) is 0 Å². The predicted molar refractivity (Wildman–Crippen MR) is 170 cm³/mol. The maximum absolute atomic E-state index is 12.0. The van der Waals surface area contributed by atoms with Crippen molar-refractivity contribution >= 4 is 45.7 Å². The van der Waals surface area contributed by atoms with E-state index in [9.17, 15) is 14.4 Å². The first-order valence-electron chi connectivity index (χ1n) is 13.6. The number of aryl methyl sites for hydroxylation is 2. The van der Waals surface area contributed by atoms with Crippen LogP contribution >= 0.6 is 0 Å². The third-order valence-electron chi connectivity index (χ3n) is 6.32. The van der Waals surface area contributed by atoms with Crippen LogP contribution in [0.15, 0.2) is 116 Å². The Kier molecular flexibility index (Phi) is 10.4. The first kappa shape index (κ1) is 30.3. The number of aromatic nitrogens is 4. The molecule has 6 aromatic rings. The number of fused-ring (bicyclic) bond motifs is 2. The van der Waals surface area contributed by atoms with Gasteiger partial charge in [0.25, 0.3) is 0 Å². The molecule has 212 valence electrons. The molecule has 0 fully saturated rings. The van der Waals surface area contributed by atoms with Gasteiger partial charge in [-0.3, -0.25) is 24.4 Å². The van der Waals surface area contributed by atoms with E-state index in [0.29, 0.717) is 16.8 Å². The minimum absolute atomic E-state index is 0.0523. The molecule has 43 heavy (non-hydrogen) atoms. The van der Waals surface area contributed by atoms with Crippen molar-refractivity contribution in [3.63, 3.8) is 0 Å². The summed E-state index contributed by atoms with van der Waals surface area (Å²) in [7, 11) is 0. The monoisotopic (exact) mass is 566 g/mol. The smallest absolute Gasteiger partial charge is 0.186 e. The van der Waals surface area contributed by atoms with Crippen molar-refractivity contribution in [2.75, 3.05) is 0 Å². The molecule has 0 radical (unpaired) electrons. The van der Waals surface area contributed by atoms with Crippen LogP contribution in [0.1, 0.15) is 54.9 Å². The number of hydrogen-bond donors (Lipinski definition) is 0. The Balaban J connectivity index is 0.000000163. The first-order valence-corrected chi connectivity index (χ1v) is 13.6. The third kappa shape index (κ3) is 8.90. The van der Waals surface area contributed by atoms with Crippen molar-refractivity contribution in [2.24, 2.45) is 0 Å². The second-order valence-electron chi connectivity index (χ2n) is 9.71. The summed E-state index contributed by atoms with van der Waals surface area (Å²) in [5.41, 5.74) is 6.74. The van der Waals surface area contributed by atoms with Gasteiger partial charge in [0.15, 0.2) is 17.9 Å². The number of Topliss-reactive ketones (excluding diaryl/α,β-unsaturated/α-hetero) is 1. The zero-order valence-corrected chi connectivity index (χ0v) is 24.1. The fourth-order valence-corrected chi connectivity index (χ4v) is 4.00. The molecule has 6 rings (SSSR count). The topological polar surface area (TPSA) is 103 Å².